The van der Waals surface area contributed by atoms with Crippen LogP contribution in [0, 0.1) is 5.92 Å². The van der Waals surface area contributed by atoms with Crippen LogP contribution in [-0.4, -0.2) is 36.6 Å². The van der Waals surface area contributed by atoms with E-state index >= 15 is 0 Å². The smallest absolute Gasteiger partial charge is 0.241 e. The first-order chi connectivity index (χ1) is 10.3. The van der Waals surface area contributed by atoms with Crippen LogP contribution in [0.5, 0.6) is 0 Å². The molecule has 3 atom stereocenters. The summed E-state index contributed by atoms with van der Waals surface area (Å²) in [6, 6.07) is 2.10. The van der Waals surface area contributed by atoms with Gasteiger partial charge in [0.05, 0.1) is 12.6 Å². The first-order valence-corrected chi connectivity index (χ1v) is 8.90. The molecule has 2 aliphatic heterocycles. The van der Waals surface area contributed by atoms with E-state index in [1.54, 1.807) is 11.3 Å². The van der Waals surface area contributed by atoms with Gasteiger partial charge in [-0.15, -0.1) is 0 Å². The molecule has 21 heavy (non-hydrogen) atoms. The van der Waals surface area contributed by atoms with Gasteiger partial charge in [0.15, 0.2) is 0 Å². The molecule has 1 aromatic heterocycles. The highest BCUT2D eigenvalue weighted by Crippen LogP contribution is 2.30. The second-order valence-electron chi connectivity index (χ2n) is 6.04. The highest BCUT2D eigenvalue weighted by molar-refractivity contribution is 7.07. The first-order valence-electron chi connectivity index (χ1n) is 7.96. The van der Waals surface area contributed by atoms with Gasteiger partial charge in [-0.25, -0.2) is 0 Å². The van der Waals surface area contributed by atoms with Crippen molar-refractivity contribution in [2.75, 3.05) is 19.8 Å². The van der Waals surface area contributed by atoms with Gasteiger partial charge in [-0.2, -0.15) is 11.3 Å². The van der Waals surface area contributed by atoms with Crippen LogP contribution in [-0.2, 0) is 9.53 Å². The second kappa shape index (κ2) is 6.90. The van der Waals surface area contributed by atoms with Crippen LogP contribution < -0.4 is 5.32 Å². The van der Waals surface area contributed by atoms with Crippen LogP contribution in [0.25, 0.3) is 0 Å². The summed E-state index contributed by atoms with van der Waals surface area (Å²) in [5.41, 5.74) is 1.21. The SMILES string of the molecule is CCCC1NC(c2ccsc2)N(CC2CCCOC2)C1=O. The number of nitrogens with zero attached hydrogens (tertiary/aromatic N) is 1. The molecular formula is C16H24N2O2S. The van der Waals surface area contributed by atoms with Crippen molar-refractivity contribution in [3.63, 3.8) is 0 Å². The molecule has 3 unspecified atom stereocenters. The van der Waals surface area contributed by atoms with Gasteiger partial charge in [-0.3, -0.25) is 10.1 Å². The molecule has 0 aromatic carbocycles. The summed E-state index contributed by atoms with van der Waals surface area (Å²) in [4.78, 5) is 14.7. The van der Waals surface area contributed by atoms with Crippen molar-refractivity contribution >= 4 is 17.2 Å². The fourth-order valence-electron chi connectivity index (χ4n) is 3.31. The molecule has 5 heteroatoms. The molecule has 4 nitrogen and oxygen atoms in total. The second-order valence-corrected chi connectivity index (χ2v) is 6.82. The topological polar surface area (TPSA) is 41.6 Å². The van der Waals surface area contributed by atoms with Crippen molar-refractivity contribution in [3.05, 3.63) is 22.4 Å². The molecule has 2 fully saturated rings. The zero-order chi connectivity index (χ0) is 14.7. The van der Waals surface area contributed by atoms with Crippen LogP contribution in [0.2, 0.25) is 0 Å². The Hall–Kier alpha value is -0.910. The van der Waals surface area contributed by atoms with Gasteiger partial charge in [0.1, 0.15) is 6.17 Å². The third kappa shape index (κ3) is 3.30. The Balaban J connectivity index is 1.74. The number of nitrogens with one attached hydrogen (secondary N) is 1. The predicted molar refractivity (Wildman–Crippen MR) is 84.1 cm³/mol. The number of carbonyl (C=O) groups is 1. The van der Waals surface area contributed by atoms with Gasteiger partial charge >= 0.3 is 0 Å². The van der Waals surface area contributed by atoms with Crippen LogP contribution in [0.3, 0.4) is 0 Å². The molecule has 0 radical (unpaired) electrons. The monoisotopic (exact) mass is 308 g/mol. The summed E-state index contributed by atoms with van der Waals surface area (Å²) < 4.78 is 5.57. The van der Waals surface area contributed by atoms with E-state index in [0.29, 0.717) is 5.92 Å². The number of carbonyl (C=O) groups excluding carboxylic acids is 1. The van der Waals surface area contributed by atoms with Crippen molar-refractivity contribution in [3.8, 4) is 0 Å². The minimum atomic E-state index is -0.0237. The lowest BCUT2D eigenvalue weighted by molar-refractivity contribution is -0.131. The molecule has 1 N–H and O–H groups in total. The molecule has 0 aliphatic carbocycles. The third-order valence-corrected chi connectivity index (χ3v) is 5.10. The van der Waals surface area contributed by atoms with Crippen molar-refractivity contribution in [2.45, 2.75) is 44.8 Å². The summed E-state index contributed by atoms with van der Waals surface area (Å²) in [5, 5.41) is 7.75. The molecule has 0 bridgehead atoms. The molecule has 2 saturated heterocycles. The molecule has 0 spiro atoms. The zero-order valence-corrected chi connectivity index (χ0v) is 13.4. The lowest BCUT2D eigenvalue weighted by atomic mass is 10.0. The van der Waals surface area contributed by atoms with Crippen LogP contribution >= 0.6 is 11.3 Å². The van der Waals surface area contributed by atoms with E-state index in [1.807, 2.05) is 4.90 Å². The maximum Gasteiger partial charge on any atom is 0.241 e. The molecule has 3 heterocycles. The number of hydrogen-bond donors (Lipinski definition) is 1. The third-order valence-electron chi connectivity index (χ3n) is 4.40. The van der Waals surface area contributed by atoms with E-state index in [-0.39, 0.29) is 18.1 Å². The molecule has 0 saturated carbocycles. The van der Waals surface area contributed by atoms with E-state index in [0.717, 1.165) is 39.0 Å². The molecule has 1 aromatic rings. The zero-order valence-electron chi connectivity index (χ0n) is 12.6. The summed E-state index contributed by atoms with van der Waals surface area (Å²) in [5.74, 6) is 0.740. The highest BCUT2D eigenvalue weighted by atomic mass is 32.1. The van der Waals surface area contributed by atoms with Crippen LogP contribution in [0.15, 0.2) is 16.8 Å². The molecule has 2 aliphatic rings. The van der Waals surface area contributed by atoms with E-state index in [4.69, 9.17) is 4.74 Å². The van der Waals surface area contributed by atoms with E-state index < -0.39 is 0 Å². The largest absolute Gasteiger partial charge is 0.381 e. The molecule has 116 valence electrons. The number of amides is 1. The standard InChI is InChI=1S/C16H24N2O2S/c1-2-4-14-16(19)18(9-12-5-3-7-20-10-12)15(17-14)13-6-8-21-11-13/h6,8,11-12,14-15,17H,2-5,7,9-10H2,1H3. The minimum Gasteiger partial charge on any atom is -0.381 e. The number of ether oxygens (including phenoxy) is 1. The summed E-state index contributed by atoms with van der Waals surface area (Å²) in [6.45, 7) is 4.60. The highest BCUT2D eigenvalue weighted by Gasteiger charge is 2.40. The normalized spacial score (nSPS) is 30.0. The lowest BCUT2D eigenvalue weighted by Gasteiger charge is -2.30. The number of thiophene rings is 1. The number of rotatable bonds is 5. The van der Waals surface area contributed by atoms with Gasteiger partial charge in [0, 0.05) is 19.1 Å². The number of hydrogen-bond acceptors (Lipinski definition) is 4. The van der Waals surface area contributed by atoms with Crippen LogP contribution in [0.4, 0.5) is 0 Å². The quantitative estimate of drug-likeness (QED) is 0.909. The lowest BCUT2D eigenvalue weighted by Crippen LogP contribution is -2.37. The Bertz CT molecular complexity index is 457. The van der Waals surface area contributed by atoms with Crippen molar-refractivity contribution in [1.82, 2.24) is 10.2 Å². The Morgan fingerprint density at radius 1 is 1.52 bits per heavy atom. The van der Waals surface area contributed by atoms with Crippen molar-refractivity contribution in [1.29, 1.82) is 0 Å². The van der Waals surface area contributed by atoms with Crippen LogP contribution in [0.1, 0.15) is 44.3 Å². The Morgan fingerprint density at radius 2 is 2.43 bits per heavy atom. The Morgan fingerprint density at radius 3 is 3.10 bits per heavy atom. The first kappa shape index (κ1) is 15.0. The van der Waals surface area contributed by atoms with Gasteiger partial charge in [0.2, 0.25) is 5.91 Å². The van der Waals surface area contributed by atoms with E-state index in [1.165, 1.54) is 12.0 Å². The Labute approximate surface area is 130 Å². The summed E-state index contributed by atoms with van der Waals surface area (Å²) >= 11 is 1.69. The fourth-order valence-corrected chi connectivity index (χ4v) is 3.99. The van der Waals surface area contributed by atoms with E-state index in [2.05, 4.69) is 29.1 Å². The maximum absolute atomic E-state index is 12.7. The predicted octanol–water partition coefficient (Wildman–Crippen LogP) is 2.77. The average Bonchev–Trinajstić information content (AvgIpc) is 3.12. The molecule has 3 rings (SSSR count). The maximum atomic E-state index is 12.7. The van der Waals surface area contributed by atoms with Crippen molar-refractivity contribution < 1.29 is 9.53 Å². The fraction of sp³-hybridized carbons (Fsp3) is 0.688. The molecular weight excluding hydrogens is 284 g/mol. The van der Waals surface area contributed by atoms with Gasteiger partial charge in [0.25, 0.3) is 0 Å². The van der Waals surface area contributed by atoms with E-state index in [9.17, 15) is 4.79 Å². The van der Waals surface area contributed by atoms with Crippen molar-refractivity contribution in [2.24, 2.45) is 5.92 Å². The van der Waals surface area contributed by atoms with Gasteiger partial charge < -0.3 is 9.64 Å². The van der Waals surface area contributed by atoms with Gasteiger partial charge in [-0.05, 0) is 41.7 Å². The average molecular weight is 308 g/mol. The summed E-state index contributed by atoms with van der Waals surface area (Å²) in [6.07, 6.45) is 4.26. The molecule has 1 amide bonds. The summed E-state index contributed by atoms with van der Waals surface area (Å²) in [7, 11) is 0. The minimum absolute atomic E-state index is 0.0237. The van der Waals surface area contributed by atoms with Gasteiger partial charge in [-0.1, -0.05) is 13.3 Å². The Kier molecular flexibility index (Phi) is 4.93.